The van der Waals surface area contributed by atoms with Crippen molar-refractivity contribution < 1.29 is 14.7 Å². The Labute approximate surface area is 131 Å². The van der Waals surface area contributed by atoms with Gasteiger partial charge in [0.25, 0.3) is 0 Å². The van der Waals surface area contributed by atoms with Gasteiger partial charge in [0, 0.05) is 13.1 Å². The topological polar surface area (TPSA) is 69.6 Å². The monoisotopic (exact) mass is 314 g/mol. The van der Waals surface area contributed by atoms with Gasteiger partial charge in [-0.3, -0.25) is 0 Å². The molecule has 5 nitrogen and oxygen atoms in total. The van der Waals surface area contributed by atoms with E-state index in [1.807, 2.05) is 6.26 Å². The summed E-state index contributed by atoms with van der Waals surface area (Å²) in [5, 5.41) is 11.8. The largest absolute Gasteiger partial charge is 0.480 e. The van der Waals surface area contributed by atoms with Crippen LogP contribution in [0.3, 0.4) is 0 Å². The van der Waals surface area contributed by atoms with E-state index in [0.29, 0.717) is 25.3 Å². The molecule has 1 atom stereocenters. The molecule has 0 fully saturated rings. The van der Waals surface area contributed by atoms with E-state index in [1.54, 1.807) is 16.7 Å². The van der Waals surface area contributed by atoms with Crippen molar-refractivity contribution in [3.8, 4) is 0 Å². The molecule has 0 aromatic rings. The van der Waals surface area contributed by atoms with E-state index in [2.05, 4.69) is 32.2 Å². The minimum Gasteiger partial charge on any atom is -0.480 e. The summed E-state index contributed by atoms with van der Waals surface area (Å²) in [5.41, 5.74) is 1.48. The summed E-state index contributed by atoms with van der Waals surface area (Å²) < 4.78 is 0. The van der Waals surface area contributed by atoms with Gasteiger partial charge in [0.1, 0.15) is 6.04 Å². The highest BCUT2D eigenvalue weighted by Crippen LogP contribution is 2.29. The third kappa shape index (κ3) is 5.61. The number of rotatable bonds is 5. The molecule has 1 rings (SSSR count). The molecule has 0 bridgehead atoms. The predicted octanol–water partition coefficient (Wildman–Crippen LogP) is 2.58. The molecule has 2 amide bonds. The van der Waals surface area contributed by atoms with Crippen LogP contribution in [0.2, 0.25) is 0 Å². The molecule has 2 N–H and O–H groups in total. The van der Waals surface area contributed by atoms with Crippen LogP contribution in [0.15, 0.2) is 11.6 Å². The highest BCUT2D eigenvalue weighted by atomic mass is 32.2. The van der Waals surface area contributed by atoms with E-state index in [-0.39, 0.29) is 11.4 Å². The highest BCUT2D eigenvalue weighted by Gasteiger charge is 2.26. The first kappa shape index (κ1) is 17.9. The molecule has 1 aliphatic rings. The molecule has 0 aromatic carbocycles. The van der Waals surface area contributed by atoms with Crippen LogP contribution in [-0.2, 0) is 4.79 Å². The second kappa shape index (κ2) is 7.73. The second-order valence-electron chi connectivity index (χ2n) is 6.30. The van der Waals surface area contributed by atoms with Gasteiger partial charge in [0.15, 0.2) is 0 Å². The molecule has 1 heterocycles. The van der Waals surface area contributed by atoms with Gasteiger partial charge >= 0.3 is 12.0 Å². The summed E-state index contributed by atoms with van der Waals surface area (Å²) in [6.45, 7) is 7.68. The Balaban J connectivity index is 2.57. The molecule has 21 heavy (non-hydrogen) atoms. The maximum atomic E-state index is 12.1. The van der Waals surface area contributed by atoms with Gasteiger partial charge in [-0.25, -0.2) is 9.59 Å². The Kier molecular flexibility index (Phi) is 6.58. The fraction of sp³-hybridized carbons (Fsp3) is 0.733. The number of carbonyl (C=O) groups is 2. The van der Waals surface area contributed by atoms with Gasteiger partial charge < -0.3 is 15.3 Å². The summed E-state index contributed by atoms with van der Waals surface area (Å²) >= 11 is 1.58. The van der Waals surface area contributed by atoms with Crippen LogP contribution >= 0.6 is 11.8 Å². The number of hydrogen-bond acceptors (Lipinski definition) is 3. The Morgan fingerprint density at radius 2 is 2.14 bits per heavy atom. The standard InChI is InChI=1S/C15H26N2O3S/c1-15(2,3)11-5-8-17(9-6-11)14(20)16-12(13(18)19)7-10-21-4/h5,12H,6-10H2,1-4H3,(H,16,20)(H,18,19)/t12-/m1/s1. The predicted molar refractivity (Wildman–Crippen MR) is 86.7 cm³/mol. The Morgan fingerprint density at radius 1 is 1.48 bits per heavy atom. The molecule has 0 saturated carbocycles. The number of nitrogens with zero attached hydrogens (tertiary/aromatic N) is 1. The summed E-state index contributed by atoms with van der Waals surface area (Å²) in [5.74, 6) is -0.258. The summed E-state index contributed by atoms with van der Waals surface area (Å²) in [7, 11) is 0. The van der Waals surface area contributed by atoms with Crippen LogP contribution < -0.4 is 5.32 Å². The molecule has 1 aliphatic heterocycles. The van der Waals surface area contributed by atoms with Crippen molar-refractivity contribution in [3.05, 3.63) is 11.6 Å². The van der Waals surface area contributed by atoms with Crippen molar-refractivity contribution in [1.82, 2.24) is 10.2 Å². The van der Waals surface area contributed by atoms with E-state index in [0.717, 1.165) is 6.42 Å². The lowest BCUT2D eigenvalue weighted by molar-refractivity contribution is -0.139. The molecular weight excluding hydrogens is 288 g/mol. The fourth-order valence-corrected chi connectivity index (χ4v) is 2.74. The van der Waals surface area contributed by atoms with Crippen LogP contribution in [0.4, 0.5) is 4.79 Å². The number of urea groups is 1. The Morgan fingerprint density at radius 3 is 2.57 bits per heavy atom. The maximum Gasteiger partial charge on any atom is 0.326 e. The van der Waals surface area contributed by atoms with Gasteiger partial charge in [0.2, 0.25) is 0 Å². The van der Waals surface area contributed by atoms with Crippen LogP contribution in [-0.4, -0.2) is 53.1 Å². The summed E-state index contributed by atoms with van der Waals surface area (Å²) in [6.07, 6.45) is 5.30. The highest BCUT2D eigenvalue weighted by molar-refractivity contribution is 7.98. The van der Waals surface area contributed by atoms with Crippen molar-refractivity contribution in [2.75, 3.05) is 25.1 Å². The first-order valence-electron chi connectivity index (χ1n) is 7.22. The maximum absolute atomic E-state index is 12.1. The van der Waals surface area contributed by atoms with Crippen LogP contribution in [0, 0.1) is 5.41 Å². The zero-order valence-corrected chi connectivity index (χ0v) is 14.1. The normalized spacial score (nSPS) is 17.1. The van der Waals surface area contributed by atoms with Crippen molar-refractivity contribution in [2.24, 2.45) is 5.41 Å². The molecule has 6 heteroatoms. The van der Waals surface area contributed by atoms with Crippen molar-refractivity contribution in [2.45, 2.75) is 39.7 Å². The van der Waals surface area contributed by atoms with Gasteiger partial charge in [0.05, 0.1) is 0 Å². The molecular formula is C15H26N2O3S. The molecule has 0 unspecified atom stereocenters. The average molecular weight is 314 g/mol. The molecule has 0 spiro atoms. The molecule has 0 radical (unpaired) electrons. The molecule has 0 aromatic heterocycles. The average Bonchev–Trinajstić information content (AvgIpc) is 2.42. The van der Waals surface area contributed by atoms with Gasteiger partial charge in [-0.1, -0.05) is 32.4 Å². The Hall–Kier alpha value is -1.17. The van der Waals surface area contributed by atoms with Crippen molar-refractivity contribution >= 4 is 23.8 Å². The van der Waals surface area contributed by atoms with Crippen LogP contribution in [0.5, 0.6) is 0 Å². The van der Waals surface area contributed by atoms with Gasteiger partial charge in [-0.05, 0) is 30.3 Å². The summed E-state index contributed by atoms with van der Waals surface area (Å²) in [4.78, 5) is 25.0. The number of carbonyl (C=O) groups excluding carboxylic acids is 1. The number of amides is 2. The van der Waals surface area contributed by atoms with E-state index in [1.165, 1.54) is 5.57 Å². The number of carboxylic acids is 1. The number of hydrogen-bond donors (Lipinski definition) is 2. The third-order valence-corrected chi connectivity index (χ3v) is 4.31. The van der Waals surface area contributed by atoms with Crippen molar-refractivity contribution in [1.29, 1.82) is 0 Å². The van der Waals surface area contributed by atoms with Gasteiger partial charge in [-0.15, -0.1) is 0 Å². The first-order chi connectivity index (χ1) is 9.75. The zero-order chi connectivity index (χ0) is 16.0. The minimum absolute atomic E-state index is 0.129. The molecule has 0 saturated heterocycles. The smallest absolute Gasteiger partial charge is 0.326 e. The second-order valence-corrected chi connectivity index (χ2v) is 7.28. The van der Waals surface area contributed by atoms with Crippen molar-refractivity contribution in [3.63, 3.8) is 0 Å². The quantitative estimate of drug-likeness (QED) is 0.765. The SMILES string of the molecule is CSCC[C@@H](NC(=O)N1CC=C(C(C)(C)C)CC1)C(=O)O. The minimum atomic E-state index is -0.972. The van der Waals surface area contributed by atoms with Crippen LogP contribution in [0.1, 0.15) is 33.6 Å². The number of carboxylic acid groups (broad SMARTS) is 1. The first-order valence-corrected chi connectivity index (χ1v) is 8.61. The van der Waals surface area contributed by atoms with Gasteiger partial charge in [-0.2, -0.15) is 11.8 Å². The zero-order valence-electron chi connectivity index (χ0n) is 13.3. The van der Waals surface area contributed by atoms with E-state index < -0.39 is 12.0 Å². The van der Waals surface area contributed by atoms with E-state index in [4.69, 9.17) is 5.11 Å². The Bertz CT molecular complexity index is 416. The number of aliphatic carboxylic acids is 1. The van der Waals surface area contributed by atoms with Crippen LogP contribution in [0.25, 0.3) is 0 Å². The lowest BCUT2D eigenvalue weighted by Gasteiger charge is -2.32. The fourth-order valence-electron chi connectivity index (χ4n) is 2.27. The van der Waals surface area contributed by atoms with E-state index in [9.17, 15) is 9.59 Å². The number of thioether (sulfide) groups is 1. The lowest BCUT2D eigenvalue weighted by atomic mass is 9.83. The molecule has 0 aliphatic carbocycles. The molecule has 120 valence electrons. The van der Waals surface area contributed by atoms with E-state index >= 15 is 0 Å². The third-order valence-electron chi connectivity index (χ3n) is 3.67. The number of nitrogens with one attached hydrogen (secondary N) is 1. The lowest BCUT2D eigenvalue weighted by Crippen LogP contribution is -2.49. The summed E-state index contributed by atoms with van der Waals surface area (Å²) in [6, 6.07) is -1.09.